The lowest BCUT2D eigenvalue weighted by Gasteiger charge is -2.10. The molecule has 0 bridgehead atoms. The summed E-state index contributed by atoms with van der Waals surface area (Å²) in [6.07, 6.45) is 3.75. The van der Waals surface area contributed by atoms with Crippen molar-refractivity contribution in [3.05, 3.63) is 29.3 Å². The number of unbranched alkanes of at least 4 members (excludes halogenated alkanes) is 3. The van der Waals surface area contributed by atoms with Crippen LogP contribution in [-0.4, -0.2) is 29.4 Å². The second kappa shape index (κ2) is 7.71. The Morgan fingerprint density at radius 1 is 1.22 bits per heavy atom. The predicted octanol–water partition coefficient (Wildman–Crippen LogP) is 2.62. The van der Waals surface area contributed by atoms with E-state index in [0.717, 1.165) is 25.7 Å². The Labute approximate surface area is 107 Å². The van der Waals surface area contributed by atoms with Crippen LogP contribution >= 0.6 is 0 Å². The monoisotopic (exact) mass is 252 g/mol. The van der Waals surface area contributed by atoms with Crippen molar-refractivity contribution in [2.24, 2.45) is 0 Å². The van der Waals surface area contributed by atoms with Crippen molar-refractivity contribution in [2.45, 2.75) is 32.6 Å². The van der Waals surface area contributed by atoms with Gasteiger partial charge in [-0.15, -0.1) is 0 Å². The molecule has 0 spiro atoms. The Bertz CT molecular complexity index is 387. The highest BCUT2D eigenvalue weighted by Gasteiger charge is 2.10. The van der Waals surface area contributed by atoms with Crippen LogP contribution in [0.4, 0.5) is 0 Å². The number of aliphatic hydroxyl groups is 1. The zero-order valence-corrected chi connectivity index (χ0v) is 10.7. The molecule has 100 valence electrons. The standard InChI is InChI=1S/C14H20O4/c1-11-12(14(16)17)7-6-8-13(11)18-10-5-3-2-4-9-15/h6-8,15H,2-5,9-10H2,1H3,(H,16,17). The summed E-state index contributed by atoms with van der Waals surface area (Å²) in [7, 11) is 0. The largest absolute Gasteiger partial charge is 0.493 e. The fourth-order valence-corrected chi connectivity index (χ4v) is 1.75. The molecule has 0 saturated heterocycles. The number of carbonyl (C=O) groups is 1. The van der Waals surface area contributed by atoms with Gasteiger partial charge in [-0.3, -0.25) is 0 Å². The maximum Gasteiger partial charge on any atom is 0.336 e. The summed E-state index contributed by atoms with van der Waals surface area (Å²) in [5, 5.41) is 17.6. The van der Waals surface area contributed by atoms with Gasteiger partial charge in [0.1, 0.15) is 5.75 Å². The normalized spacial score (nSPS) is 10.3. The molecule has 0 aliphatic carbocycles. The van der Waals surface area contributed by atoms with Crippen LogP contribution in [0.15, 0.2) is 18.2 Å². The molecule has 0 aromatic heterocycles. The highest BCUT2D eigenvalue weighted by Crippen LogP contribution is 2.21. The molecule has 0 amide bonds. The second-order valence-electron chi connectivity index (χ2n) is 4.22. The molecule has 1 rings (SSSR count). The minimum absolute atomic E-state index is 0.237. The third-order valence-corrected chi connectivity index (χ3v) is 2.82. The van der Waals surface area contributed by atoms with Gasteiger partial charge in [0.2, 0.25) is 0 Å². The first-order valence-corrected chi connectivity index (χ1v) is 6.23. The van der Waals surface area contributed by atoms with Crippen molar-refractivity contribution in [3.8, 4) is 5.75 Å². The number of hydrogen-bond acceptors (Lipinski definition) is 3. The fraction of sp³-hybridized carbons (Fsp3) is 0.500. The summed E-state index contributed by atoms with van der Waals surface area (Å²) in [4.78, 5) is 10.9. The van der Waals surface area contributed by atoms with E-state index >= 15 is 0 Å². The van der Waals surface area contributed by atoms with Gasteiger partial charge in [0.25, 0.3) is 0 Å². The van der Waals surface area contributed by atoms with Gasteiger partial charge in [-0.05, 0) is 38.3 Å². The van der Waals surface area contributed by atoms with E-state index in [1.807, 2.05) is 0 Å². The molecule has 2 N–H and O–H groups in total. The Morgan fingerprint density at radius 3 is 2.61 bits per heavy atom. The molecule has 0 saturated carbocycles. The van der Waals surface area contributed by atoms with Crippen molar-refractivity contribution in [1.82, 2.24) is 0 Å². The van der Waals surface area contributed by atoms with Crippen molar-refractivity contribution >= 4 is 5.97 Å². The van der Waals surface area contributed by atoms with E-state index in [2.05, 4.69) is 0 Å². The van der Waals surface area contributed by atoms with Crippen LogP contribution in [0.1, 0.15) is 41.6 Å². The minimum atomic E-state index is -0.930. The summed E-state index contributed by atoms with van der Waals surface area (Å²) >= 11 is 0. The number of benzene rings is 1. The Morgan fingerprint density at radius 2 is 1.94 bits per heavy atom. The van der Waals surface area contributed by atoms with Crippen molar-refractivity contribution in [3.63, 3.8) is 0 Å². The zero-order valence-electron chi connectivity index (χ0n) is 10.7. The van der Waals surface area contributed by atoms with Crippen LogP contribution in [0.2, 0.25) is 0 Å². The third kappa shape index (κ3) is 4.37. The summed E-state index contributed by atoms with van der Waals surface area (Å²) in [6.45, 7) is 2.57. The molecule has 4 nitrogen and oxygen atoms in total. The van der Waals surface area contributed by atoms with Crippen molar-refractivity contribution in [2.75, 3.05) is 13.2 Å². The fourth-order valence-electron chi connectivity index (χ4n) is 1.75. The van der Waals surface area contributed by atoms with Gasteiger partial charge in [0.15, 0.2) is 0 Å². The topological polar surface area (TPSA) is 66.8 Å². The van der Waals surface area contributed by atoms with Crippen LogP contribution in [0, 0.1) is 6.92 Å². The SMILES string of the molecule is Cc1c(OCCCCCCO)cccc1C(=O)O. The van der Waals surface area contributed by atoms with Crippen LogP contribution in [0.3, 0.4) is 0 Å². The minimum Gasteiger partial charge on any atom is -0.493 e. The van der Waals surface area contributed by atoms with Crippen LogP contribution in [0.5, 0.6) is 5.75 Å². The van der Waals surface area contributed by atoms with E-state index in [9.17, 15) is 4.79 Å². The first kappa shape index (κ1) is 14.5. The molecular formula is C14H20O4. The summed E-state index contributed by atoms with van der Waals surface area (Å²) < 4.78 is 5.58. The Hall–Kier alpha value is -1.55. The van der Waals surface area contributed by atoms with E-state index in [0.29, 0.717) is 17.9 Å². The number of rotatable bonds is 8. The van der Waals surface area contributed by atoms with Gasteiger partial charge in [-0.1, -0.05) is 12.5 Å². The molecule has 0 unspecified atom stereocenters. The molecule has 0 atom stereocenters. The predicted molar refractivity (Wildman–Crippen MR) is 69.2 cm³/mol. The number of carboxylic acids is 1. The number of hydrogen-bond donors (Lipinski definition) is 2. The highest BCUT2D eigenvalue weighted by molar-refractivity contribution is 5.90. The van der Waals surface area contributed by atoms with Crippen molar-refractivity contribution in [1.29, 1.82) is 0 Å². The molecular weight excluding hydrogens is 232 g/mol. The van der Waals surface area contributed by atoms with Gasteiger partial charge in [-0.25, -0.2) is 4.79 Å². The first-order valence-electron chi connectivity index (χ1n) is 6.23. The van der Waals surface area contributed by atoms with Gasteiger partial charge < -0.3 is 14.9 Å². The third-order valence-electron chi connectivity index (χ3n) is 2.82. The summed E-state index contributed by atoms with van der Waals surface area (Å²) in [5.74, 6) is -0.294. The van der Waals surface area contributed by atoms with E-state index in [4.69, 9.17) is 14.9 Å². The second-order valence-corrected chi connectivity index (χ2v) is 4.22. The van der Waals surface area contributed by atoms with E-state index in [1.54, 1.807) is 25.1 Å². The number of aromatic carboxylic acids is 1. The molecule has 4 heteroatoms. The molecule has 0 radical (unpaired) electrons. The molecule has 0 heterocycles. The van der Waals surface area contributed by atoms with Crippen LogP contribution < -0.4 is 4.74 Å². The van der Waals surface area contributed by atoms with E-state index in [-0.39, 0.29) is 12.2 Å². The summed E-state index contributed by atoms with van der Waals surface area (Å²) in [5.41, 5.74) is 0.952. The van der Waals surface area contributed by atoms with Crippen LogP contribution in [0.25, 0.3) is 0 Å². The molecule has 1 aromatic rings. The van der Waals surface area contributed by atoms with E-state index in [1.165, 1.54) is 0 Å². The number of ether oxygens (including phenoxy) is 1. The smallest absolute Gasteiger partial charge is 0.336 e. The Kier molecular flexibility index (Phi) is 6.22. The van der Waals surface area contributed by atoms with Gasteiger partial charge >= 0.3 is 5.97 Å². The van der Waals surface area contributed by atoms with Crippen LogP contribution in [-0.2, 0) is 0 Å². The van der Waals surface area contributed by atoms with Crippen molar-refractivity contribution < 1.29 is 19.7 Å². The lowest BCUT2D eigenvalue weighted by molar-refractivity contribution is 0.0695. The maximum atomic E-state index is 10.9. The number of carboxylic acid groups (broad SMARTS) is 1. The van der Waals surface area contributed by atoms with Gasteiger partial charge in [0, 0.05) is 12.2 Å². The quantitative estimate of drug-likeness (QED) is 0.698. The highest BCUT2D eigenvalue weighted by atomic mass is 16.5. The average Bonchev–Trinajstić information content (AvgIpc) is 2.35. The molecule has 1 aromatic carbocycles. The average molecular weight is 252 g/mol. The zero-order chi connectivity index (χ0) is 13.4. The van der Waals surface area contributed by atoms with Gasteiger partial charge in [-0.2, -0.15) is 0 Å². The molecule has 0 fully saturated rings. The first-order chi connectivity index (χ1) is 8.66. The maximum absolute atomic E-state index is 10.9. The lowest BCUT2D eigenvalue weighted by Crippen LogP contribution is -2.04. The molecule has 0 aliphatic rings. The summed E-state index contributed by atoms with van der Waals surface area (Å²) in [6, 6.07) is 5.05. The lowest BCUT2D eigenvalue weighted by atomic mass is 10.1. The van der Waals surface area contributed by atoms with E-state index < -0.39 is 5.97 Å². The number of aliphatic hydroxyl groups excluding tert-OH is 1. The van der Waals surface area contributed by atoms with Gasteiger partial charge in [0.05, 0.1) is 12.2 Å². The molecule has 0 aliphatic heterocycles. The Balaban J connectivity index is 2.43. The molecule has 18 heavy (non-hydrogen) atoms.